The van der Waals surface area contributed by atoms with Crippen molar-refractivity contribution in [3.63, 3.8) is 0 Å². The van der Waals surface area contributed by atoms with Crippen LogP contribution in [0, 0.1) is 6.92 Å². The smallest absolute Gasteiger partial charge is 0.368 e. The molecule has 0 saturated heterocycles. The van der Waals surface area contributed by atoms with E-state index in [0.29, 0.717) is 5.69 Å². The van der Waals surface area contributed by atoms with E-state index in [-0.39, 0.29) is 22.9 Å². The molecule has 114 valence electrons. The van der Waals surface area contributed by atoms with E-state index in [9.17, 15) is 18.0 Å². The normalized spacial score (nSPS) is 12.0. The molecule has 0 bridgehead atoms. The van der Waals surface area contributed by atoms with Gasteiger partial charge in [0.25, 0.3) is 5.56 Å². The van der Waals surface area contributed by atoms with Crippen molar-refractivity contribution in [2.45, 2.75) is 13.1 Å². The number of aromatic nitrogens is 4. The number of benzene rings is 1. The van der Waals surface area contributed by atoms with E-state index < -0.39 is 17.3 Å². The molecule has 0 saturated carbocycles. The highest BCUT2D eigenvalue weighted by atomic mass is 19.4. The number of aryl methyl sites for hydroxylation is 1. The minimum atomic E-state index is -4.47. The van der Waals surface area contributed by atoms with Crippen molar-refractivity contribution in [3.05, 3.63) is 45.9 Å². The van der Waals surface area contributed by atoms with Gasteiger partial charge < -0.3 is 5.73 Å². The number of fused-ring (bicyclic) bond motifs is 1. The van der Waals surface area contributed by atoms with E-state index in [4.69, 9.17) is 5.73 Å². The van der Waals surface area contributed by atoms with Gasteiger partial charge in [-0.1, -0.05) is 12.1 Å². The molecule has 0 unspecified atom stereocenters. The third-order valence-electron chi connectivity index (χ3n) is 3.14. The topological polar surface area (TPSA) is 89.1 Å². The van der Waals surface area contributed by atoms with Crippen LogP contribution in [0.2, 0.25) is 0 Å². The summed E-state index contributed by atoms with van der Waals surface area (Å²) >= 11 is 0. The van der Waals surface area contributed by atoms with E-state index in [2.05, 4.69) is 15.1 Å². The second-order valence-corrected chi connectivity index (χ2v) is 4.70. The van der Waals surface area contributed by atoms with Crippen molar-refractivity contribution in [2.75, 3.05) is 5.73 Å². The van der Waals surface area contributed by atoms with Gasteiger partial charge in [0.15, 0.2) is 11.3 Å². The molecule has 2 heterocycles. The van der Waals surface area contributed by atoms with Crippen LogP contribution in [0.25, 0.3) is 16.9 Å². The molecular weight excluding hydrogens is 299 g/mol. The number of alkyl halides is 3. The molecule has 0 fully saturated rings. The number of nitrogens with zero attached hydrogens (tertiary/aromatic N) is 3. The maximum Gasteiger partial charge on any atom is 0.416 e. The summed E-state index contributed by atoms with van der Waals surface area (Å²) in [4.78, 5) is 18.3. The molecule has 2 aromatic heterocycles. The van der Waals surface area contributed by atoms with Crippen LogP contribution in [-0.2, 0) is 6.18 Å². The highest BCUT2D eigenvalue weighted by molar-refractivity contribution is 5.64. The van der Waals surface area contributed by atoms with Crippen LogP contribution >= 0.6 is 0 Å². The molecule has 0 atom stereocenters. The second-order valence-electron chi connectivity index (χ2n) is 4.70. The van der Waals surface area contributed by atoms with E-state index in [0.717, 1.165) is 16.6 Å². The van der Waals surface area contributed by atoms with Crippen LogP contribution in [0.4, 0.5) is 19.1 Å². The average molecular weight is 309 g/mol. The first-order valence-electron chi connectivity index (χ1n) is 6.20. The zero-order valence-corrected chi connectivity index (χ0v) is 11.3. The van der Waals surface area contributed by atoms with Gasteiger partial charge in [-0.3, -0.25) is 9.78 Å². The Bertz CT molecular complexity index is 926. The molecule has 22 heavy (non-hydrogen) atoms. The van der Waals surface area contributed by atoms with Crippen LogP contribution in [0.15, 0.2) is 29.1 Å². The number of rotatable bonds is 1. The Balaban J connectivity index is 2.30. The van der Waals surface area contributed by atoms with Crippen LogP contribution < -0.4 is 11.3 Å². The summed E-state index contributed by atoms with van der Waals surface area (Å²) in [6.45, 7) is 1.57. The second kappa shape index (κ2) is 4.58. The Kier molecular flexibility index (Phi) is 2.94. The molecule has 0 radical (unpaired) electrons. The molecule has 6 nitrogen and oxygen atoms in total. The Morgan fingerprint density at radius 3 is 2.73 bits per heavy atom. The standard InChI is InChI=1S/C13H10F3N5O/c1-6-9-11(22)19-12(17)20-21(9)10(18-6)7-3-2-4-8(5-7)13(14,15)16/h2-5H,1H3,(H3,17,19,20,22). The fraction of sp³-hybridized carbons (Fsp3) is 0.154. The number of hydrogen-bond donors (Lipinski definition) is 2. The number of H-pyrrole nitrogens is 1. The van der Waals surface area contributed by atoms with E-state index >= 15 is 0 Å². The Morgan fingerprint density at radius 1 is 1.32 bits per heavy atom. The molecule has 0 aliphatic heterocycles. The minimum Gasteiger partial charge on any atom is -0.368 e. The third-order valence-corrected chi connectivity index (χ3v) is 3.14. The molecule has 0 spiro atoms. The first-order chi connectivity index (χ1) is 10.3. The molecule has 3 rings (SSSR count). The highest BCUT2D eigenvalue weighted by Crippen LogP contribution is 2.32. The fourth-order valence-corrected chi connectivity index (χ4v) is 2.21. The summed E-state index contributed by atoms with van der Waals surface area (Å²) < 4.78 is 39.6. The lowest BCUT2D eigenvalue weighted by Crippen LogP contribution is -2.16. The van der Waals surface area contributed by atoms with E-state index in [1.165, 1.54) is 12.1 Å². The first kappa shape index (κ1) is 14.1. The van der Waals surface area contributed by atoms with Crippen LogP contribution in [0.3, 0.4) is 0 Å². The highest BCUT2D eigenvalue weighted by Gasteiger charge is 2.31. The maximum absolute atomic E-state index is 12.8. The van der Waals surface area contributed by atoms with E-state index in [1.54, 1.807) is 6.92 Å². The first-order valence-corrected chi connectivity index (χ1v) is 6.20. The summed E-state index contributed by atoms with van der Waals surface area (Å²) in [5.41, 5.74) is 4.85. The predicted octanol–water partition coefficient (Wildman–Crippen LogP) is 1.99. The SMILES string of the molecule is Cc1nc(-c2cccc(C(F)(F)F)c2)n2nc(N)[nH]c(=O)c12. The lowest BCUT2D eigenvalue weighted by Gasteiger charge is -2.08. The summed E-state index contributed by atoms with van der Waals surface area (Å²) in [6.07, 6.45) is -4.47. The molecule has 0 aliphatic carbocycles. The monoisotopic (exact) mass is 309 g/mol. The van der Waals surface area contributed by atoms with Gasteiger partial charge in [0, 0.05) is 5.56 Å². The summed E-state index contributed by atoms with van der Waals surface area (Å²) in [5, 5.41) is 3.92. The van der Waals surface area contributed by atoms with Crippen molar-refractivity contribution < 1.29 is 13.2 Å². The van der Waals surface area contributed by atoms with Gasteiger partial charge in [-0.2, -0.15) is 13.2 Å². The van der Waals surface area contributed by atoms with Gasteiger partial charge in [-0.05, 0) is 19.1 Å². The number of nitrogen functional groups attached to an aromatic ring is 1. The number of nitrogens with two attached hydrogens (primary N) is 1. The summed E-state index contributed by atoms with van der Waals surface area (Å²) in [7, 11) is 0. The summed E-state index contributed by atoms with van der Waals surface area (Å²) in [6, 6.07) is 4.64. The third kappa shape index (κ3) is 2.20. The van der Waals surface area contributed by atoms with Crippen LogP contribution in [-0.4, -0.2) is 19.6 Å². The molecule has 9 heteroatoms. The van der Waals surface area contributed by atoms with Gasteiger partial charge in [0.2, 0.25) is 5.95 Å². The number of halogens is 3. The number of imidazole rings is 1. The van der Waals surface area contributed by atoms with Gasteiger partial charge in [-0.25, -0.2) is 9.50 Å². The van der Waals surface area contributed by atoms with Gasteiger partial charge in [0.05, 0.1) is 11.3 Å². The average Bonchev–Trinajstić information content (AvgIpc) is 2.75. The lowest BCUT2D eigenvalue weighted by molar-refractivity contribution is -0.137. The largest absolute Gasteiger partial charge is 0.416 e. The Morgan fingerprint density at radius 2 is 2.05 bits per heavy atom. The van der Waals surface area contributed by atoms with Gasteiger partial charge in [0.1, 0.15) is 0 Å². The van der Waals surface area contributed by atoms with Gasteiger partial charge >= 0.3 is 6.18 Å². The molecule has 0 amide bonds. The van der Waals surface area contributed by atoms with Crippen LogP contribution in [0.5, 0.6) is 0 Å². The molecule has 3 N–H and O–H groups in total. The molecular formula is C13H10F3N5O. The Labute approximate surface area is 121 Å². The quantitative estimate of drug-likeness (QED) is 0.719. The van der Waals surface area contributed by atoms with Crippen molar-refractivity contribution in [1.29, 1.82) is 0 Å². The summed E-state index contributed by atoms with van der Waals surface area (Å²) in [5.74, 6) is -0.0282. The predicted molar refractivity (Wildman–Crippen MR) is 73.2 cm³/mol. The van der Waals surface area contributed by atoms with E-state index in [1.807, 2.05) is 0 Å². The number of anilines is 1. The number of hydrogen-bond acceptors (Lipinski definition) is 4. The van der Waals surface area contributed by atoms with Gasteiger partial charge in [-0.15, -0.1) is 5.10 Å². The van der Waals surface area contributed by atoms with Crippen LogP contribution in [0.1, 0.15) is 11.3 Å². The van der Waals surface area contributed by atoms with Crippen molar-refractivity contribution in [3.8, 4) is 11.4 Å². The number of aromatic amines is 1. The zero-order valence-electron chi connectivity index (χ0n) is 11.3. The van der Waals surface area contributed by atoms with Crippen molar-refractivity contribution in [2.24, 2.45) is 0 Å². The van der Waals surface area contributed by atoms with Crippen molar-refractivity contribution >= 4 is 11.5 Å². The lowest BCUT2D eigenvalue weighted by atomic mass is 10.1. The maximum atomic E-state index is 12.8. The molecule has 1 aromatic carbocycles. The fourth-order valence-electron chi connectivity index (χ4n) is 2.21. The zero-order chi connectivity index (χ0) is 16.1. The minimum absolute atomic E-state index is 0.122. The van der Waals surface area contributed by atoms with Crippen molar-refractivity contribution in [1.82, 2.24) is 19.6 Å². The molecule has 3 aromatic rings. The Hall–Kier alpha value is -2.84. The molecule has 0 aliphatic rings. The number of nitrogens with one attached hydrogen (secondary N) is 1.